The number of esters is 2. The summed E-state index contributed by atoms with van der Waals surface area (Å²) < 4.78 is 33.2. The molecule has 0 aromatic rings. The lowest BCUT2D eigenvalue weighted by Gasteiger charge is -2.19. The lowest BCUT2D eigenvalue weighted by Crippen LogP contribution is -2.29. The lowest BCUT2D eigenvalue weighted by atomic mass is 10.0. The van der Waals surface area contributed by atoms with Crippen molar-refractivity contribution in [3.05, 3.63) is 60.8 Å². The maximum Gasteiger partial charge on any atom is 0.472 e. The molecule has 0 aliphatic carbocycles. The zero-order chi connectivity index (χ0) is 58.7. The number of ether oxygens (including phenoxy) is 2. The molecular weight excluding hydrogens is 1030 g/mol. The van der Waals surface area contributed by atoms with Gasteiger partial charge in [-0.15, -0.1) is 0 Å². The summed E-state index contributed by atoms with van der Waals surface area (Å²) in [5.74, 6) is -0.814. The molecule has 0 radical (unpaired) electrons. The number of rotatable bonds is 66. The van der Waals surface area contributed by atoms with Gasteiger partial charge in [0.25, 0.3) is 0 Å². The summed E-state index contributed by atoms with van der Waals surface area (Å²) in [5.41, 5.74) is 5.40. The number of nitrogens with two attached hydrogens (primary N) is 1. The minimum Gasteiger partial charge on any atom is -0.462 e. The highest BCUT2D eigenvalue weighted by atomic mass is 31.2. The maximum absolute atomic E-state index is 12.8. The molecule has 0 amide bonds. The van der Waals surface area contributed by atoms with E-state index in [0.717, 1.165) is 51.4 Å². The van der Waals surface area contributed by atoms with Gasteiger partial charge in [0.05, 0.1) is 13.2 Å². The summed E-state index contributed by atoms with van der Waals surface area (Å²) in [4.78, 5) is 35.3. The van der Waals surface area contributed by atoms with Crippen molar-refractivity contribution in [2.45, 2.75) is 354 Å². The summed E-state index contributed by atoms with van der Waals surface area (Å²) in [6.45, 7) is 3.77. The maximum atomic E-state index is 12.8. The van der Waals surface area contributed by atoms with E-state index in [-0.39, 0.29) is 38.6 Å². The SMILES string of the molecule is CCCCCCC/C=C\C/C=C\C/C=C\CCCCCCCCCCCCCCCCCCCCCCCCC(=O)OC(COC(=O)CCCCCCCCCCCCC/C=C\C/C=C\CCCCCCC)COP(=O)(O)OCCN. The van der Waals surface area contributed by atoms with Gasteiger partial charge in [-0.2, -0.15) is 0 Å². The van der Waals surface area contributed by atoms with E-state index < -0.39 is 26.5 Å². The zero-order valence-electron chi connectivity index (χ0n) is 53.3. The van der Waals surface area contributed by atoms with Gasteiger partial charge in [0.2, 0.25) is 0 Å². The summed E-state index contributed by atoms with van der Waals surface area (Å²) in [6, 6.07) is 0. The average molecular weight is 1160 g/mol. The molecule has 2 atom stereocenters. The Morgan fingerprint density at radius 2 is 0.642 bits per heavy atom. The number of carbonyl (C=O) groups excluding carboxylic acids is 2. The van der Waals surface area contributed by atoms with Gasteiger partial charge in [-0.25, -0.2) is 4.57 Å². The minimum absolute atomic E-state index is 0.0537. The van der Waals surface area contributed by atoms with Crippen LogP contribution in [0.1, 0.15) is 348 Å². The fourth-order valence-electron chi connectivity index (χ4n) is 10.2. The first-order valence-electron chi connectivity index (χ1n) is 34.8. The van der Waals surface area contributed by atoms with Crippen LogP contribution in [0.5, 0.6) is 0 Å². The Morgan fingerprint density at radius 3 is 0.951 bits per heavy atom. The molecule has 0 bridgehead atoms. The number of allylic oxidation sites excluding steroid dienone is 10. The van der Waals surface area contributed by atoms with E-state index in [2.05, 4.69) is 74.6 Å². The fraction of sp³-hybridized carbons (Fsp3) is 0.831. The van der Waals surface area contributed by atoms with Crippen LogP contribution in [-0.2, 0) is 32.7 Å². The molecule has 0 saturated heterocycles. The Balaban J connectivity index is 3.82. The normalized spacial score (nSPS) is 13.3. The summed E-state index contributed by atoms with van der Waals surface area (Å²) >= 11 is 0. The molecule has 0 aliphatic rings. The third kappa shape index (κ3) is 66.7. The van der Waals surface area contributed by atoms with Gasteiger partial charge in [-0.05, 0) is 83.5 Å². The molecule has 474 valence electrons. The van der Waals surface area contributed by atoms with Crippen molar-refractivity contribution in [1.29, 1.82) is 0 Å². The quantitative estimate of drug-likeness (QED) is 0.0264. The van der Waals surface area contributed by atoms with Crippen LogP contribution in [0, 0.1) is 0 Å². The van der Waals surface area contributed by atoms with Crippen LogP contribution < -0.4 is 5.73 Å². The van der Waals surface area contributed by atoms with Gasteiger partial charge in [0.15, 0.2) is 6.10 Å². The number of unbranched alkanes of at least 4 members (excludes halogenated alkanes) is 43. The molecule has 0 saturated carbocycles. The summed E-state index contributed by atoms with van der Waals surface area (Å²) in [7, 11) is -4.39. The highest BCUT2D eigenvalue weighted by molar-refractivity contribution is 7.47. The van der Waals surface area contributed by atoms with Gasteiger partial charge in [-0.1, -0.05) is 312 Å². The Kier molecular flexibility index (Phi) is 65.0. The first-order valence-corrected chi connectivity index (χ1v) is 36.3. The fourth-order valence-corrected chi connectivity index (χ4v) is 11.0. The van der Waals surface area contributed by atoms with Crippen molar-refractivity contribution in [3.8, 4) is 0 Å². The van der Waals surface area contributed by atoms with Crippen molar-refractivity contribution in [2.75, 3.05) is 26.4 Å². The predicted molar refractivity (Wildman–Crippen MR) is 349 cm³/mol. The van der Waals surface area contributed by atoms with Gasteiger partial charge < -0.3 is 20.1 Å². The van der Waals surface area contributed by atoms with Crippen molar-refractivity contribution >= 4 is 19.8 Å². The van der Waals surface area contributed by atoms with E-state index >= 15 is 0 Å². The topological polar surface area (TPSA) is 134 Å². The first kappa shape index (κ1) is 78.7. The van der Waals surface area contributed by atoms with E-state index in [1.54, 1.807) is 0 Å². The van der Waals surface area contributed by atoms with E-state index in [0.29, 0.717) is 6.42 Å². The van der Waals surface area contributed by atoms with E-state index in [1.165, 1.54) is 263 Å². The molecule has 2 unspecified atom stereocenters. The Hall–Kier alpha value is -2.29. The van der Waals surface area contributed by atoms with Gasteiger partial charge in [-0.3, -0.25) is 18.6 Å². The van der Waals surface area contributed by atoms with Crippen LogP contribution in [0.15, 0.2) is 60.8 Å². The molecule has 0 rings (SSSR count). The van der Waals surface area contributed by atoms with Crippen LogP contribution in [0.3, 0.4) is 0 Å². The number of phosphoric ester groups is 1. The second-order valence-electron chi connectivity index (χ2n) is 23.4. The summed E-state index contributed by atoms with van der Waals surface area (Å²) in [6.07, 6.45) is 86.0. The Bertz CT molecular complexity index is 1510. The van der Waals surface area contributed by atoms with Crippen LogP contribution in [-0.4, -0.2) is 49.3 Å². The molecule has 0 aliphatic heterocycles. The summed E-state index contributed by atoms with van der Waals surface area (Å²) in [5, 5.41) is 0. The molecule has 0 fully saturated rings. The van der Waals surface area contributed by atoms with Crippen LogP contribution in [0.4, 0.5) is 0 Å². The Morgan fingerprint density at radius 1 is 0.370 bits per heavy atom. The zero-order valence-corrected chi connectivity index (χ0v) is 54.2. The molecule has 0 spiro atoms. The third-order valence-electron chi connectivity index (χ3n) is 15.4. The highest BCUT2D eigenvalue weighted by Gasteiger charge is 2.26. The number of phosphoric acid groups is 1. The molecule has 0 aromatic carbocycles. The van der Waals surface area contributed by atoms with Gasteiger partial charge >= 0.3 is 19.8 Å². The monoisotopic (exact) mass is 1160 g/mol. The number of carbonyl (C=O) groups is 2. The van der Waals surface area contributed by atoms with E-state index in [1.807, 2.05) is 0 Å². The molecular formula is C71H132NO8P. The van der Waals surface area contributed by atoms with Gasteiger partial charge in [0.1, 0.15) is 6.61 Å². The highest BCUT2D eigenvalue weighted by Crippen LogP contribution is 2.43. The first-order chi connectivity index (χ1) is 39.8. The second kappa shape index (κ2) is 66.8. The second-order valence-corrected chi connectivity index (χ2v) is 24.8. The van der Waals surface area contributed by atoms with E-state index in [4.69, 9.17) is 24.3 Å². The van der Waals surface area contributed by atoms with Crippen molar-refractivity contribution in [3.63, 3.8) is 0 Å². The minimum atomic E-state index is -4.39. The molecule has 0 heterocycles. The third-order valence-corrected chi connectivity index (χ3v) is 16.4. The number of hydrogen-bond acceptors (Lipinski definition) is 8. The van der Waals surface area contributed by atoms with Gasteiger partial charge in [0, 0.05) is 19.4 Å². The average Bonchev–Trinajstić information content (AvgIpc) is 3.46. The van der Waals surface area contributed by atoms with Crippen molar-refractivity contribution in [2.24, 2.45) is 5.73 Å². The van der Waals surface area contributed by atoms with Crippen LogP contribution in [0.25, 0.3) is 0 Å². The van der Waals surface area contributed by atoms with E-state index in [9.17, 15) is 19.0 Å². The van der Waals surface area contributed by atoms with Crippen LogP contribution in [0.2, 0.25) is 0 Å². The molecule has 81 heavy (non-hydrogen) atoms. The standard InChI is InChI=1S/C71H132NO8P/c1-3-5-7-9-11-13-15-17-19-21-23-25-27-28-29-30-31-32-33-34-35-36-37-38-39-40-42-44-46-48-50-52-54-56-58-60-62-64-71(74)80-69(68-79-81(75,76)78-66-65-72)67-77-70(73)63-61-59-57-55-53-51-49-47-45-43-41-26-24-22-20-18-16-14-12-10-8-6-4-2/h15-18,21-24,27-28,69H,3-14,19-20,25-26,29-68,72H2,1-2H3,(H,75,76)/b17-15-,18-16-,23-21-,24-22-,28-27-. The molecule has 10 heteroatoms. The Labute approximate surface area is 501 Å². The smallest absolute Gasteiger partial charge is 0.462 e. The van der Waals surface area contributed by atoms with Crippen molar-refractivity contribution in [1.82, 2.24) is 0 Å². The molecule has 0 aromatic heterocycles. The predicted octanol–water partition coefficient (Wildman–Crippen LogP) is 22.6. The largest absolute Gasteiger partial charge is 0.472 e. The van der Waals surface area contributed by atoms with Crippen LogP contribution >= 0.6 is 7.82 Å². The number of hydrogen-bond donors (Lipinski definition) is 2. The molecule has 9 nitrogen and oxygen atoms in total. The molecule has 3 N–H and O–H groups in total. The van der Waals surface area contributed by atoms with Crippen molar-refractivity contribution < 1.29 is 37.6 Å². The lowest BCUT2D eigenvalue weighted by molar-refractivity contribution is -0.161.